The van der Waals surface area contributed by atoms with Crippen molar-refractivity contribution in [3.05, 3.63) is 41.0 Å². The zero-order valence-corrected chi connectivity index (χ0v) is 17.4. The molecule has 1 aliphatic carbocycles. The van der Waals surface area contributed by atoms with Crippen molar-refractivity contribution in [1.82, 2.24) is 19.8 Å². The molecular weight excluding hydrogens is 392 g/mol. The molecule has 156 valence electrons. The van der Waals surface area contributed by atoms with Crippen molar-refractivity contribution >= 4 is 15.9 Å². The van der Waals surface area contributed by atoms with E-state index in [2.05, 4.69) is 15.5 Å². The summed E-state index contributed by atoms with van der Waals surface area (Å²) in [6.45, 7) is 2.59. The Bertz CT molecular complexity index is 994. The topological polar surface area (TPSA) is 105 Å². The predicted molar refractivity (Wildman–Crippen MR) is 105 cm³/mol. The smallest absolute Gasteiger partial charge is 0.246 e. The highest BCUT2D eigenvalue weighted by Crippen LogP contribution is 2.28. The molecule has 2 aliphatic rings. The van der Waals surface area contributed by atoms with Crippen LogP contribution in [0.5, 0.6) is 0 Å². The van der Waals surface area contributed by atoms with Crippen LogP contribution >= 0.6 is 0 Å². The Kier molecular flexibility index (Phi) is 5.69. The monoisotopic (exact) mass is 418 g/mol. The molecule has 1 aromatic carbocycles. The molecule has 1 aromatic heterocycles. The zero-order valence-electron chi connectivity index (χ0n) is 16.6. The van der Waals surface area contributed by atoms with Crippen LogP contribution in [0.1, 0.15) is 48.5 Å². The van der Waals surface area contributed by atoms with Gasteiger partial charge in [-0.15, -0.1) is 0 Å². The van der Waals surface area contributed by atoms with E-state index < -0.39 is 10.0 Å². The first-order chi connectivity index (χ1) is 13.9. The van der Waals surface area contributed by atoms with Gasteiger partial charge in [-0.05, 0) is 68.7 Å². The van der Waals surface area contributed by atoms with Gasteiger partial charge in [-0.3, -0.25) is 4.79 Å². The molecule has 1 amide bonds. The van der Waals surface area contributed by atoms with E-state index in [0.29, 0.717) is 42.5 Å². The quantitative estimate of drug-likeness (QED) is 0.796. The number of amides is 1. The first-order valence-electron chi connectivity index (χ1n) is 10.1. The van der Waals surface area contributed by atoms with Crippen LogP contribution in [0, 0.1) is 12.8 Å². The lowest BCUT2D eigenvalue weighted by molar-refractivity contribution is -0.126. The normalized spacial score (nSPS) is 18.4. The van der Waals surface area contributed by atoms with Gasteiger partial charge in [0.2, 0.25) is 21.8 Å². The van der Waals surface area contributed by atoms with Crippen LogP contribution < -0.4 is 5.32 Å². The molecule has 0 radical (unpaired) electrons. The SMILES string of the molecule is Cc1noc(CNC(=O)C2CCN(S(=O)(=O)c3ccc4c(c3)CCCC4)CC2)n1. The third-order valence-electron chi connectivity index (χ3n) is 5.77. The van der Waals surface area contributed by atoms with Crippen molar-refractivity contribution in [2.45, 2.75) is 56.9 Å². The number of benzene rings is 1. The number of piperidine rings is 1. The molecule has 0 bridgehead atoms. The molecule has 1 saturated heterocycles. The lowest BCUT2D eigenvalue weighted by Crippen LogP contribution is -2.42. The first kappa shape index (κ1) is 20.0. The van der Waals surface area contributed by atoms with E-state index in [9.17, 15) is 13.2 Å². The summed E-state index contributed by atoms with van der Waals surface area (Å²) >= 11 is 0. The maximum atomic E-state index is 13.1. The fourth-order valence-corrected chi connectivity index (χ4v) is 5.62. The van der Waals surface area contributed by atoms with Gasteiger partial charge in [-0.2, -0.15) is 9.29 Å². The molecular formula is C20H26N4O4S. The van der Waals surface area contributed by atoms with Gasteiger partial charge in [0.1, 0.15) is 0 Å². The standard InChI is InChI=1S/C20H26N4O4S/c1-14-22-19(28-23-14)13-21-20(25)16-8-10-24(11-9-16)29(26,27)18-7-6-15-4-2-3-5-17(15)12-18/h6-7,12,16H,2-5,8-11,13H2,1H3,(H,21,25). The largest absolute Gasteiger partial charge is 0.347 e. The number of aryl methyl sites for hydroxylation is 3. The first-order valence-corrected chi connectivity index (χ1v) is 11.6. The number of nitrogens with zero attached hydrogens (tertiary/aromatic N) is 3. The highest BCUT2D eigenvalue weighted by atomic mass is 32.2. The third kappa shape index (κ3) is 4.35. The van der Waals surface area contributed by atoms with E-state index in [1.165, 1.54) is 16.3 Å². The fraction of sp³-hybridized carbons (Fsp3) is 0.550. The van der Waals surface area contributed by atoms with E-state index in [0.717, 1.165) is 24.8 Å². The van der Waals surface area contributed by atoms with Gasteiger partial charge >= 0.3 is 0 Å². The number of carbonyl (C=O) groups excluding carboxylic acids is 1. The Morgan fingerprint density at radius 2 is 1.93 bits per heavy atom. The molecule has 1 N–H and O–H groups in total. The molecule has 4 rings (SSSR count). The molecule has 2 aromatic rings. The molecule has 0 atom stereocenters. The third-order valence-corrected chi connectivity index (χ3v) is 7.66. The van der Waals surface area contributed by atoms with Crippen LogP contribution in [-0.4, -0.2) is 41.9 Å². The number of nitrogens with one attached hydrogen (secondary N) is 1. The van der Waals surface area contributed by atoms with Crippen molar-refractivity contribution in [3.63, 3.8) is 0 Å². The number of hydrogen-bond acceptors (Lipinski definition) is 6. The van der Waals surface area contributed by atoms with E-state index >= 15 is 0 Å². The highest BCUT2D eigenvalue weighted by molar-refractivity contribution is 7.89. The molecule has 2 heterocycles. The van der Waals surface area contributed by atoms with Gasteiger partial charge in [0.05, 0.1) is 11.4 Å². The van der Waals surface area contributed by atoms with Gasteiger partial charge in [0.25, 0.3) is 0 Å². The minimum atomic E-state index is -3.53. The molecule has 8 nitrogen and oxygen atoms in total. The lowest BCUT2D eigenvalue weighted by Gasteiger charge is -2.30. The predicted octanol–water partition coefficient (Wildman–Crippen LogP) is 1.97. The van der Waals surface area contributed by atoms with Gasteiger partial charge in [0.15, 0.2) is 5.82 Å². The maximum Gasteiger partial charge on any atom is 0.246 e. The van der Waals surface area contributed by atoms with Crippen molar-refractivity contribution in [1.29, 1.82) is 0 Å². The number of sulfonamides is 1. The number of fused-ring (bicyclic) bond motifs is 1. The average molecular weight is 419 g/mol. The van der Waals surface area contributed by atoms with Crippen LogP contribution in [0.2, 0.25) is 0 Å². The van der Waals surface area contributed by atoms with Gasteiger partial charge in [-0.25, -0.2) is 8.42 Å². The van der Waals surface area contributed by atoms with Crippen LogP contribution in [0.15, 0.2) is 27.6 Å². The maximum absolute atomic E-state index is 13.1. The zero-order chi connectivity index (χ0) is 20.4. The summed E-state index contributed by atoms with van der Waals surface area (Å²) in [7, 11) is -3.53. The molecule has 9 heteroatoms. The summed E-state index contributed by atoms with van der Waals surface area (Å²) in [4.78, 5) is 16.8. The van der Waals surface area contributed by atoms with Crippen molar-refractivity contribution in [2.75, 3.05) is 13.1 Å². The van der Waals surface area contributed by atoms with Gasteiger partial charge < -0.3 is 9.84 Å². The highest BCUT2D eigenvalue weighted by Gasteiger charge is 2.32. The molecule has 0 saturated carbocycles. The number of rotatable bonds is 5. The van der Waals surface area contributed by atoms with E-state index in [1.807, 2.05) is 12.1 Å². The molecule has 1 fully saturated rings. The van der Waals surface area contributed by atoms with Crippen LogP contribution in [0.3, 0.4) is 0 Å². The molecule has 29 heavy (non-hydrogen) atoms. The van der Waals surface area contributed by atoms with Crippen LogP contribution in [0.25, 0.3) is 0 Å². The number of carbonyl (C=O) groups is 1. The second-order valence-electron chi connectivity index (χ2n) is 7.77. The Morgan fingerprint density at radius 1 is 1.21 bits per heavy atom. The Balaban J connectivity index is 1.35. The summed E-state index contributed by atoms with van der Waals surface area (Å²) in [6, 6.07) is 5.53. The van der Waals surface area contributed by atoms with Crippen molar-refractivity contribution < 1.29 is 17.7 Å². The molecule has 0 spiro atoms. The van der Waals surface area contributed by atoms with E-state index in [1.54, 1.807) is 13.0 Å². The summed E-state index contributed by atoms with van der Waals surface area (Å²) in [5, 5.41) is 6.49. The van der Waals surface area contributed by atoms with Gasteiger partial charge in [-0.1, -0.05) is 11.2 Å². The number of hydrogen-bond donors (Lipinski definition) is 1. The lowest BCUT2D eigenvalue weighted by atomic mass is 9.92. The van der Waals surface area contributed by atoms with Crippen LogP contribution in [-0.2, 0) is 34.2 Å². The average Bonchev–Trinajstić information content (AvgIpc) is 3.17. The number of aromatic nitrogens is 2. The van der Waals surface area contributed by atoms with Crippen LogP contribution in [0.4, 0.5) is 0 Å². The second-order valence-corrected chi connectivity index (χ2v) is 9.71. The van der Waals surface area contributed by atoms with Gasteiger partial charge in [0, 0.05) is 19.0 Å². The Labute approximate surface area is 170 Å². The van der Waals surface area contributed by atoms with E-state index in [4.69, 9.17) is 4.52 Å². The summed E-state index contributed by atoms with van der Waals surface area (Å²) in [6.07, 6.45) is 5.25. The summed E-state index contributed by atoms with van der Waals surface area (Å²) < 4.78 is 32.6. The second kappa shape index (κ2) is 8.23. The minimum absolute atomic E-state index is 0.105. The molecule has 1 aliphatic heterocycles. The Hall–Kier alpha value is -2.26. The van der Waals surface area contributed by atoms with Crippen molar-refractivity contribution in [3.8, 4) is 0 Å². The fourth-order valence-electron chi connectivity index (χ4n) is 4.10. The summed E-state index contributed by atoms with van der Waals surface area (Å²) in [5.74, 6) is 0.568. The van der Waals surface area contributed by atoms with E-state index in [-0.39, 0.29) is 18.4 Å². The van der Waals surface area contributed by atoms with Crippen molar-refractivity contribution in [2.24, 2.45) is 5.92 Å². The Morgan fingerprint density at radius 3 is 2.62 bits per heavy atom. The molecule has 0 unspecified atom stereocenters. The summed E-state index contributed by atoms with van der Waals surface area (Å²) in [5.41, 5.74) is 2.42. The minimum Gasteiger partial charge on any atom is -0.347 e.